The zero-order valence-electron chi connectivity index (χ0n) is 12.5. The molecule has 0 radical (unpaired) electrons. The number of ether oxygens (including phenoxy) is 1. The lowest BCUT2D eigenvalue weighted by Crippen LogP contribution is -2.13. The zero-order valence-corrected chi connectivity index (χ0v) is 14.0. The lowest BCUT2D eigenvalue weighted by molar-refractivity contribution is 0.415. The molecular weight excluding hydrogens is 322 g/mol. The van der Waals surface area contributed by atoms with Crippen LogP contribution in [0.15, 0.2) is 47.4 Å². The number of aryl methyl sites for hydroxylation is 1. The van der Waals surface area contributed by atoms with Gasteiger partial charge in [0.15, 0.2) is 0 Å². The van der Waals surface area contributed by atoms with E-state index >= 15 is 0 Å². The maximum Gasteiger partial charge on any atom is 0.261 e. The summed E-state index contributed by atoms with van der Waals surface area (Å²) in [6.45, 7) is 2.08. The Morgan fingerprint density at radius 1 is 1.14 bits per heavy atom. The molecule has 0 aliphatic rings. The van der Waals surface area contributed by atoms with E-state index in [1.165, 1.54) is 13.2 Å². The summed E-state index contributed by atoms with van der Waals surface area (Å²) in [5, 5.41) is 0.348. The highest BCUT2D eigenvalue weighted by Gasteiger charge is 2.14. The molecule has 0 spiro atoms. The van der Waals surface area contributed by atoms with Crippen molar-refractivity contribution in [3.05, 3.63) is 53.1 Å². The number of hydrogen-bond acceptors (Lipinski definition) is 3. The molecule has 0 amide bonds. The molecule has 0 aliphatic heterocycles. The molecule has 2 rings (SSSR count). The Kier molecular flexibility index (Phi) is 5.32. The summed E-state index contributed by atoms with van der Waals surface area (Å²) in [4.78, 5) is 0.222. The number of nitrogens with one attached hydrogen (secondary N) is 1. The van der Waals surface area contributed by atoms with Crippen LogP contribution >= 0.6 is 11.6 Å². The number of anilines is 1. The van der Waals surface area contributed by atoms with Crippen LogP contribution in [0.3, 0.4) is 0 Å². The highest BCUT2D eigenvalue weighted by molar-refractivity contribution is 7.92. The first-order valence-electron chi connectivity index (χ1n) is 6.91. The predicted octanol–water partition coefficient (Wildman–Crippen LogP) is 4.10. The van der Waals surface area contributed by atoms with Crippen molar-refractivity contribution in [2.24, 2.45) is 0 Å². The third-order valence-corrected chi connectivity index (χ3v) is 4.87. The number of halogens is 1. The maximum atomic E-state index is 12.4. The van der Waals surface area contributed by atoms with E-state index in [2.05, 4.69) is 11.6 Å². The summed E-state index contributed by atoms with van der Waals surface area (Å²) in [6, 6.07) is 11.6. The van der Waals surface area contributed by atoms with Gasteiger partial charge in [-0.3, -0.25) is 4.72 Å². The topological polar surface area (TPSA) is 55.4 Å². The van der Waals surface area contributed by atoms with Crippen molar-refractivity contribution in [2.45, 2.75) is 24.7 Å². The van der Waals surface area contributed by atoms with E-state index in [9.17, 15) is 8.42 Å². The van der Waals surface area contributed by atoms with Crippen LogP contribution in [-0.4, -0.2) is 15.5 Å². The van der Waals surface area contributed by atoms with Crippen molar-refractivity contribution < 1.29 is 13.2 Å². The molecule has 0 unspecified atom stereocenters. The second-order valence-corrected chi connectivity index (χ2v) is 6.94. The Labute approximate surface area is 136 Å². The number of hydrogen-bond donors (Lipinski definition) is 1. The van der Waals surface area contributed by atoms with E-state index in [0.717, 1.165) is 18.4 Å². The van der Waals surface area contributed by atoms with Gasteiger partial charge in [-0.1, -0.05) is 37.1 Å². The third-order valence-electron chi connectivity index (χ3n) is 3.18. The van der Waals surface area contributed by atoms with Gasteiger partial charge in [-0.2, -0.15) is 0 Å². The van der Waals surface area contributed by atoms with E-state index in [1.807, 2.05) is 12.1 Å². The van der Waals surface area contributed by atoms with E-state index in [-0.39, 0.29) is 4.90 Å². The monoisotopic (exact) mass is 339 g/mol. The largest absolute Gasteiger partial charge is 0.495 e. The van der Waals surface area contributed by atoms with Gasteiger partial charge >= 0.3 is 0 Å². The van der Waals surface area contributed by atoms with Crippen LogP contribution in [0.4, 0.5) is 5.69 Å². The van der Waals surface area contributed by atoms with E-state index < -0.39 is 10.0 Å². The summed E-state index contributed by atoms with van der Waals surface area (Å²) in [5.74, 6) is 0.494. The summed E-state index contributed by atoms with van der Waals surface area (Å²) < 4.78 is 32.3. The van der Waals surface area contributed by atoms with Crippen molar-refractivity contribution in [3.63, 3.8) is 0 Å². The van der Waals surface area contributed by atoms with Crippen molar-refractivity contribution in [1.29, 1.82) is 0 Å². The number of methoxy groups -OCH3 is 1. The maximum absolute atomic E-state index is 12.4. The van der Waals surface area contributed by atoms with Crippen LogP contribution in [0.5, 0.6) is 5.75 Å². The van der Waals surface area contributed by atoms with Crippen LogP contribution in [0.25, 0.3) is 0 Å². The Bertz CT molecular complexity index is 742. The van der Waals surface area contributed by atoms with Crippen molar-refractivity contribution in [3.8, 4) is 5.75 Å². The highest BCUT2D eigenvalue weighted by atomic mass is 35.5. The van der Waals surface area contributed by atoms with Crippen molar-refractivity contribution in [2.75, 3.05) is 11.8 Å². The van der Waals surface area contributed by atoms with Crippen molar-refractivity contribution >= 4 is 27.3 Å². The Morgan fingerprint density at radius 2 is 1.82 bits per heavy atom. The van der Waals surface area contributed by atoms with Gasteiger partial charge in [-0.25, -0.2) is 8.42 Å². The van der Waals surface area contributed by atoms with Crippen LogP contribution in [-0.2, 0) is 16.4 Å². The van der Waals surface area contributed by atoms with E-state index in [4.69, 9.17) is 16.3 Å². The molecule has 118 valence electrons. The fourth-order valence-electron chi connectivity index (χ4n) is 2.07. The van der Waals surface area contributed by atoms with Gasteiger partial charge in [0.1, 0.15) is 5.75 Å². The van der Waals surface area contributed by atoms with Gasteiger partial charge in [0.2, 0.25) is 0 Å². The molecule has 0 bridgehead atoms. The molecule has 2 aromatic carbocycles. The minimum atomic E-state index is -3.63. The molecule has 0 saturated carbocycles. The molecule has 0 heterocycles. The molecule has 0 aromatic heterocycles. The third kappa shape index (κ3) is 3.93. The smallest absolute Gasteiger partial charge is 0.261 e. The van der Waals surface area contributed by atoms with Gasteiger partial charge in [0.25, 0.3) is 10.0 Å². The molecule has 0 atom stereocenters. The fraction of sp³-hybridized carbons (Fsp3) is 0.250. The number of benzene rings is 2. The highest BCUT2D eigenvalue weighted by Crippen LogP contribution is 2.28. The molecule has 0 saturated heterocycles. The van der Waals surface area contributed by atoms with E-state index in [0.29, 0.717) is 16.5 Å². The van der Waals surface area contributed by atoms with Gasteiger partial charge in [-0.05, 0) is 42.3 Å². The lowest BCUT2D eigenvalue weighted by Gasteiger charge is -2.10. The van der Waals surface area contributed by atoms with Gasteiger partial charge in [0.05, 0.1) is 22.7 Å². The molecule has 4 nitrogen and oxygen atoms in total. The average molecular weight is 340 g/mol. The standard InChI is InChI=1S/C16H18ClNO3S/c1-3-4-12-5-8-14(9-6-12)22(19,20)18-13-7-10-16(21-2)15(17)11-13/h5-11,18H,3-4H2,1-2H3. The summed E-state index contributed by atoms with van der Waals surface area (Å²) in [5.41, 5.74) is 1.51. The van der Waals surface area contributed by atoms with Crippen LogP contribution < -0.4 is 9.46 Å². The minimum absolute atomic E-state index is 0.222. The Balaban J connectivity index is 2.21. The minimum Gasteiger partial charge on any atom is -0.495 e. The normalized spacial score (nSPS) is 11.2. The molecule has 22 heavy (non-hydrogen) atoms. The average Bonchev–Trinajstić information content (AvgIpc) is 2.48. The van der Waals surface area contributed by atoms with Crippen molar-refractivity contribution in [1.82, 2.24) is 0 Å². The van der Waals surface area contributed by atoms with Crippen LogP contribution in [0, 0.1) is 0 Å². The second kappa shape index (κ2) is 7.03. The predicted molar refractivity (Wildman–Crippen MR) is 89.2 cm³/mol. The van der Waals surface area contributed by atoms with Gasteiger partial charge < -0.3 is 4.74 Å². The number of sulfonamides is 1. The first kappa shape index (κ1) is 16.6. The summed E-state index contributed by atoms with van der Waals surface area (Å²) in [6.07, 6.45) is 1.95. The first-order chi connectivity index (χ1) is 10.5. The molecule has 2 aromatic rings. The summed E-state index contributed by atoms with van der Waals surface area (Å²) in [7, 11) is -2.13. The molecule has 1 N–H and O–H groups in total. The molecule has 0 aliphatic carbocycles. The van der Waals surface area contributed by atoms with Gasteiger partial charge in [0, 0.05) is 0 Å². The Hall–Kier alpha value is -1.72. The van der Waals surface area contributed by atoms with Crippen LogP contribution in [0.1, 0.15) is 18.9 Å². The SMILES string of the molecule is CCCc1ccc(S(=O)(=O)Nc2ccc(OC)c(Cl)c2)cc1. The second-order valence-electron chi connectivity index (χ2n) is 4.85. The summed E-state index contributed by atoms with van der Waals surface area (Å²) >= 11 is 6.00. The number of rotatable bonds is 6. The Morgan fingerprint density at radius 3 is 2.36 bits per heavy atom. The molecular formula is C16H18ClNO3S. The molecule has 6 heteroatoms. The first-order valence-corrected chi connectivity index (χ1v) is 8.77. The quantitative estimate of drug-likeness (QED) is 0.862. The fourth-order valence-corrected chi connectivity index (χ4v) is 3.38. The lowest BCUT2D eigenvalue weighted by atomic mass is 10.1. The van der Waals surface area contributed by atoms with Crippen LogP contribution in [0.2, 0.25) is 5.02 Å². The van der Waals surface area contributed by atoms with Gasteiger partial charge in [-0.15, -0.1) is 0 Å². The molecule has 0 fully saturated rings. The van der Waals surface area contributed by atoms with E-state index in [1.54, 1.807) is 24.3 Å². The zero-order chi connectivity index (χ0) is 16.2.